The van der Waals surface area contributed by atoms with Gasteiger partial charge in [-0.15, -0.1) is 0 Å². The highest BCUT2D eigenvalue weighted by molar-refractivity contribution is 6.30. The fraction of sp³-hybridized carbons (Fsp3) is 0.333. The van der Waals surface area contributed by atoms with Crippen molar-refractivity contribution in [3.63, 3.8) is 0 Å². The van der Waals surface area contributed by atoms with Crippen LogP contribution in [-0.4, -0.2) is 35.9 Å². The highest BCUT2D eigenvalue weighted by atomic mass is 35.5. The predicted molar refractivity (Wildman–Crippen MR) is 145 cm³/mol. The van der Waals surface area contributed by atoms with Gasteiger partial charge in [0.2, 0.25) is 5.91 Å². The normalized spacial score (nSPS) is 11.6. The van der Waals surface area contributed by atoms with E-state index in [9.17, 15) is 9.59 Å². The number of rotatable bonds is 12. The van der Waals surface area contributed by atoms with Crippen molar-refractivity contribution < 1.29 is 14.3 Å². The highest BCUT2D eigenvalue weighted by Crippen LogP contribution is 2.21. The van der Waals surface area contributed by atoms with Gasteiger partial charge < -0.3 is 15.0 Å². The van der Waals surface area contributed by atoms with Crippen LogP contribution in [0.2, 0.25) is 5.02 Å². The molecule has 2 amide bonds. The lowest BCUT2D eigenvalue weighted by Crippen LogP contribution is -2.51. The minimum Gasteiger partial charge on any atom is -0.483 e. The van der Waals surface area contributed by atoms with Gasteiger partial charge in [-0.1, -0.05) is 85.1 Å². The average molecular weight is 507 g/mol. The van der Waals surface area contributed by atoms with Crippen LogP contribution in [0.15, 0.2) is 72.8 Å². The molecule has 0 aliphatic rings. The van der Waals surface area contributed by atoms with E-state index in [0.29, 0.717) is 23.7 Å². The summed E-state index contributed by atoms with van der Waals surface area (Å²) in [5.41, 5.74) is 3.91. The second-order valence-electron chi connectivity index (χ2n) is 9.06. The van der Waals surface area contributed by atoms with E-state index in [2.05, 4.69) is 12.2 Å². The Balaban J connectivity index is 1.89. The van der Waals surface area contributed by atoms with Crippen molar-refractivity contribution in [1.82, 2.24) is 10.2 Å². The van der Waals surface area contributed by atoms with Crippen molar-refractivity contribution in [2.24, 2.45) is 0 Å². The summed E-state index contributed by atoms with van der Waals surface area (Å²) in [7, 11) is 0. The van der Waals surface area contributed by atoms with Gasteiger partial charge >= 0.3 is 0 Å². The molecule has 36 heavy (non-hydrogen) atoms. The maximum Gasteiger partial charge on any atom is 0.261 e. The van der Waals surface area contributed by atoms with Crippen LogP contribution < -0.4 is 10.1 Å². The van der Waals surface area contributed by atoms with Crippen LogP contribution in [0.5, 0.6) is 5.75 Å². The summed E-state index contributed by atoms with van der Waals surface area (Å²) < 4.78 is 5.93. The number of amides is 2. The van der Waals surface area contributed by atoms with E-state index in [1.165, 1.54) is 0 Å². The first kappa shape index (κ1) is 27.3. The first-order valence-corrected chi connectivity index (χ1v) is 12.8. The molecule has 0 heterocycles. The fourth-order valence-electron chi connectivity index (χ4n) is 4.08. The number of nitrogens with one attached hydrogen (secondary N) is 1. The minimum atomic E-state index is -0.696. The van der Waals surface area contributed by atoms with Crippen molar-refractivity contribution in [1.29, 1.82) is 0 Å². The zero-order valence-corrected chi connectivity index (χ0v) is 22.1. The van der Waals surface area contributed by atoms with Gasteiger partial charge in [-0.3, -0.25) is 9.59 Å². The van der Waals surface area contributed by atoms with Crippen LogP contribution >= 0.6 is 11.6 Å². The molecule has 0 aliphatic heterocycles. The molecule has 6 heteroatoms. The molecule has 0 aliphatic carbocycles. The topological polar surface area (TPSA) is 58.6 Å². The molecule has 1 N–H and O–H groups in total. The molecule has 0 fully saturated rings. The second-order valence-corrected chi connectivity index (χ2v) is 9.50. The smallest absolute Gasteiger partial charge is 0.261 e. The van der Waals surface area contributed by atoms with E-state index in [1.807, 2.05) is 80.6 Å². The van der Waals surface area contributed by atoms with Crippen LogP contribution in [0.1, 0.15) is 42.0 Å². The van der Waals surface area contributed by atoms with E-state index < -0.39 is 6.04 Å². The number of benzene rings is 3. The number of halogens is 1. The Kier molecular flexibility index (Phi) is 10.4. The third-order valence-corrected chi connectivity index (χ3v) is 6.26. The lowest BCUT2D eigenvalue weighted by Gasteiger charge is -2.31. The van der Waals surface area contributed by atoms with Crippen molar-refractivity contribution in [3.05, 3.63) is 100 Å². The molecule has 1 unspecified atom stereocenters. The highest BCUT2D eigenvalue weighted by Gasteiger charge is 2.30. The Morgan fingerprint density at radius 2 is 1.72 bits per heavy atom. The number of carbonyl (C=O) groups excluding carboxylic acids is 2. The molecule has 0 aromatic heterocycles. The van der Waals surface area contributed by atoms with Crippen LogP contribution in [0.3, 0.4) is 0 Å². The van der Waals surface area contributed by atoms with Crippen molar-refractivity contribution >= 4 is 23.4 Å². The average Bonchev–Trinajstić information content (AvgIpc) is 2.86. The summed E-state index contributed by atoms with van der Waals surface area (Å²) in [6.45, 7) is 6.69. The summed E-state index contributed by atoms with van der Waals surface area (Å²) >= 11 is 6.23. The number of unbranched alkanes of at least 4 members (excludes halogenated alkanes) is 1. The van der Waals surface area contributed by atoms with Crippen LogP contribution in [0.4, 0.5) is 0 Å². The zero-order chi connectivity index (χ0) is 25.9. The summed E-state index contributed by atoms with van der Waals surface area (Å²) in [4.78, 5) is 28.7. The van der Waals surface area contributed by atoms with Gasteiger partial charge in [0.1, 0.15) is 11.8 Å². The molecule has 0 saturated heterocycles. The van der Waals surface area contributed by atoms with E-state index in [1.54, 1.807) is 11.0 Å². The van der Waals surface area contributed by atoms with E-state index in [0.717, 1.165) is 35.1 Å². The summed E-state index contributed by atoms with van der Waals surface area (Å²) in [5.74, 6) is 0.222. The van der Waals surface area contributed by atoms with E-state index in [-0.39, 0.29) is 25.0 Å². The van der Waals surface area contributed by atoms with E-state index >= 15 is 0 Å². The fourth-order valence-corrected chi connectivity index (χ4v) is 4.29. The Morgan fingerprint density at radius 1 is 0.972 bits per heavy atom. The van der Waals surface area contributed by atoms with E-state index in [4.69, 9.17) is 16.3 Å². The quantitative estimate of drug-likeness (QED) is 0.311. The molecule has 0 radical (unpaired) electrons. The molecular weight excluding hydrogens is 472 g/mol. The Morgan fingerprint density at radius 3 is 2.42 bits per heavy atom. The standard InChI is InChI=1S/C30H35ClN2O3/c1-4-5-16-32-30(35)27(19-24-10-7-6-8-11-24)33(20-25-12-9-13-26(31)18-25)29(34)21-36-28-15-14-22(2)17-23(28)3/h6-15,17-18,27H,4-5,16,19-21H2,1-3H3,(H,32,35). The van der Waals surface area contributed by atoms with Gasteiger partial charge in [-0.2, -0.15) is 0 Å². The van der Waals surface area contributed by atoms with Gasteiger partial charge in [0.15, 0.2) is 6.61 Å². The molecule has 0 bridgehead atoms. The van der Waals surface area contributed by atoms with Crippen molar-refractivity contribution in [2.45, 2.75) is 52.6 Å². The molecule has 0 saturated carbocycles. The van der Waals surface area contributed by atoms with Gasteiger partial charge in [0.25, 0.3) is 5.91 Å². The van der Waals surface area contributed by atoms with Crippen molar-refractivity contribution in [3.8, 4) is 5.75 Å². The van der Waals surface area contributed by atoms with Crippen LogP contribution in [0.25, 0.3) is 0 Å². The van der Waals surface area contributed by atoms with Gasteiger partial charge in [0.05, 0.1) is 0 Å². The Bertz CT molecular complexity index is 1150. The van der Waals surface area contributed by atoms with Gasteiger partial charge in [0, 0.05) is 24.5 Å². The third kappa shape index (κ3) is 8.13. The zero-order valence-electron chi connectivity index (χ0n) is 21.3. The molecule has 1 atom stereocenters. The first-order chi connectivity index (χ1) is 17.4. The summed E-state index contributed by atoms with van der Waals surface area (Å²) in [5, 5.41) is 3.61. The molecule has 5 nitrogen and oxygen atoms in total. The third-order valence-electron chi connectivity index (χ3n) is 6.02. The number of hydrogen-bond donors (Lipinski definition) is 1. The summed E-state index contributed by atoms with van der Waals surface area (Å²) in [6, 6.07) is 22.3. The van der Waals surface area contributed by atoms with Gasteiger partial charge in [-0.25, -0.2) is 0 Å². The molecule has 0 spiro atoms. The van der Waals surface area contributed by atoms with Crippen LogP contribution in [0, 0.1) is 13.8 Å². The monoisotopic (exact) mass is 506 g/mol. The lowest BCUT2D eigenvalue weighted by atomic mass is 10.0. The van der Waals surface area contributed by atoms with Gasteiger partial charge in [-0.05, 0) is 55.2 Å². The minimum absolute atomic E-state index is 0.169. The van der Waals surface area contributed by atoms with Crippen LogP contribution in [-0.2, 0) is 22.6 Å². The van der Waals surface area contributed by atoms with Crippen molar-refractivity contribution in [2.75, 3.05) is 13.2 Å². The lowest BCUT2D eigenvalue weighted by molar-refractivity contribution is -0.142. The molecule has 3 aromatic carbocycles. The Labute approximate surface area is 219 Å². The molecule has 3 rings (SSSR count). The Hall–Kier alpha value is -3.31. The summed E-state index contributed by atoms with van der Waals surface area (Å²) in [6.07, 6.45) is 2.25. The number of carbonyl (C=O) groups is 2. The molecule has 190 valence electrons. The molecular formula is C30H35ClN2O3. The molecule has 3 aromatic rings. The SMILES string of the molecule is CCCCNC(=O)C(Cc1ccccc1)N(Cc1cccc(Cl)c1)C(=O)COc1ccc(C)cc1C. The maximum atomic E-state index is 13.6. The number of nitrogens with zero attached hydrogens (tertiary/aromatic N) is 1. The number of ether oxygens (including phenoxy) is 1. The predicted octanol–water partition coefficient (Wildman–Crippen LogP) is 5.89. The second kappa shape index (κ2) is 13.7. The number of hydrogen-bond acceptors (Lipinski definition) is 3. The number of aryl methyl sites for hydroxylation is 2. The maximum absolute atomic E-state index is 13.6. The largest absolute Gasteiger partial charge is 0.483 e. The first-order valence-electron chi connectivity index (χ1n) is 12.4.